The van der Waals surface area contributed by atoms with Gasteiger partial charge in [-0.3, -0.25) is 14.7 Å². The second-order valence-electron chi connectivity index (χ2n) is 11.9. The summed E-state index contributed by atoms with van der Waals surface area (Å²) in [6, 6.07) is 18.1. The van der Waals surface area contributed by atoms with Crippen molar-refractivity contribution in [2.24, 2.45) is 0 Å². The molecule has 14 nitrogen and oxygen atoms in total. The fraction of sp³-hybridized carbons (Fsp3) is 0.375. The third kappa shape index (κ3) is 5.04. The summed E-state index contributed by atoms with van der Waals surface area (Å²) in [6.07, 6.45) is 0.266. The van der Waals surface area contributed by atoms with Gasteiger partial charge in [0.25, 0.3) is 5.91 Å². The lowest BCUT2D eigenvalue weighted by Gasteiger charge is -2.27. The monoisotopic (exact) mass is 625 g/mol. The van der Waals surface area contributed by atoms with Gasteiger partial charge in [0.2, 0.25) is 0 Å². The number of nitrogens with one attached hydrogen (secondary N) is 2. The molecule has 0 bridgehead atoms. The molecule has 3 saturated heterocycles. The minimum absolute atomic E-state index is 0.0176. The Morgan fingerprint density at radius 2 is 1.63 bits per heavy atom. The molecule has 46 heavy (non-hydrogen) atoms. The number of hydrogen-bond acceptors (Lipinski definition) is 9. The molecule has 1 saturated carbocycles. The number of fused-ring (bicyclic) bond motifs is 2. The second kappa shape index (κ2) is 11.5. The molecule has 0 spiro atoms. The number of carboxylic acid groups (broad SMARTS) is 1. The minimum atomic E-state index is -1.12. The Hall–Kier alpha value is -4.92. The van der Waals surface area contributed by atoms with Crippen molar-refractivity contribution in [3.05, 3.63) is 84.4 Å². The van der Waals surface area contributed by atoms with E-state index in [0.717, 1.165) is 12.0 Å². The highest BCUT2D eigenvalue weighted by Gasteiger charge is 2.58. The van der Waals surface area contributed by atoms with Gasteiger partial charge in [-0.15, -0.1) is 0 Å². The predicted octanol–water partition coefficient (Wildman–Crippen LogP) is 2.96. The zero-order valence-electron chi connectivity index (χ0n) is 24.5. The topological polar surface area (TPSA) is 170 Å². The van der Waals surface area contributed by atoms with E-state index in [0.29, 0.717) is 30.6 Å². The van der Waals surface area contributed by atoms with Crippen LogP contribution in [0.1, 0.15) is 48.8 Å². The first kappa shape index (κ1) is 28.5. The Labute approximate surface area is 262 Å². The van der Waals surface area contributed by atoms with Gasteiger partial charge in [-0.25, -0.2) is 24.5 Å². The van der Waals surface area contributed by atoms with Gasteiger partial charge in [-0.05, 0) is 24.8 Å². The lowest BCUT2D eigenvalue weighted by Crippen LogP contribution is -2.49. The number of carboxylic acids is 1. The SMILES string of the molecule is O=C(Nc1ncnc2c1ncn2[C@@H]1O[C@H](C(=O)N2CCCC2C(=O)O)[C@H]2OC(c3ccccc3)O[C@H]21)NC1CC1c1ccccc1. The van der Waals surface area contributed by atoms with E-state index in [2.05, 4.69) is 37.7 Å². The molecule has 14 heteroatoms. The van der Waals surface area contributed by atoms with Crippen molar-refractivity contribution in [2.45, 2.75) is 68.1 Å². The van der Waals surface area contributed by atoms with E-state index in [9.17, 15) is 19.5 Å². The number of likely N-dealkylation sites (tertiary alicyclic amines) is 1. The maximum absolute atomic E-state index is 13.8. The number of benzene rings is 2. The summed E-state index contributed by atoms with van der Waals surface area (Å²) < 4.78 is 20.6. The summed E-state index contributed by atoms with van der Waals surface area (Å²) in [5.41, 5.74) is 2.63. The van der Waals surface area contributed by atoms with Crippen molar-refractivity contribution in [1.82, 2.24) is 29.7 Å². The Kier molecular flexibility index (Phi) is 7.11. The lowest BCUT2D eigenvalue weighted by atomic mass is 10.1. The van der Waals surface area contributed by atoms with Crippen molar-refractivity contribution in [3.8, 4) is 0 Å². The molecule has 5 heterocycles. The highest BCUT2D eigenvalue weighted by molar-refractivity contribution is 5.96. The number of aromatic nitrogens is 4. The summed E-state index contributed by atoms with van der Waals surface area (Å²) in [6.45, 7) is 0.311. The average molecular weight is 626 g/mol. The fourth-order valence-corrected chi connectivity index (χ4v) is 6.76. The Morgan fingerprint density at radius 3 is 2.39 bits per heavy atom. The van der Waals surface area contributed by atoms with Crippen LogP contribution < -0.4 is 10.6 Å². The molecule has 2 aromatic heterocycles. The molecule has 4 aliphatic rings. The number of hydrogen-bond donors (Lipinski definition) is 3. The first-order valence-corrected chi connectivity index (χ1v) is 15.3. The zero-order chi connectivity index (χ0) is 31.4. The van der Waals surface area contributed by atoms with Crippen molar-refractivity contribution >= 4 is 34.9 Å². The van der Waals surface area contributed by atoms with Crippen molar-refractivity contribution in [3.63, 3.8) is 0 Å². The number of anilines is 1. The van der Waals surface area contributed by atoms with Gasteiger partial charge in [-0.1, -0.05) is 60.7 Å². The van der Waals surface area contributed by atoms with Crippen LogP contribution in [0.25, 0.3) is 11.2 Å². The molecule has 2 aromatic carbocycles. The highest BCUT2D eigenvalue weighted by atomic mass is 16.8. The summed E-state index contributed by atoms with van der Waals surface area (Å²) in [4.78, 5) is 53.1. The Morgan fingerprint density at radius 1 is 0.891 bits per heavy atom. The van der Waals surface area contributed by atoms with Gasteiger partial charge in [0.15, 0.2) is 35.6 Å². The number of carbonyl (C=O) groups is 3. The molecule has 4 aromatic rings. The number of ether oxygens (including phenoxy) is 3. The standard InChI is InChI=1S/C32H31N7O7/c40-28(38-13-7-12-21(38)30(41)42)24-23-25(46-31(45-23)18-10-5-2-6-11-18)29(44-24)39-16-35-22-26(33-15-34-27(22)39)37-32(43)36-20-14-19(20)17-8-3-1-4-9-17/h1-6,8-11,15-16,19-21,23-25,29,31H,7,12-14H2,(H,41,42)(H2,33,34,36,37,43)/t19?,20?,21?,23-,24+,25-,29-,31?/m1/s1. The van der Waals surface area contributed by atoms with E-state index < -0.39 is 54.8 Å². The number of carbonyl (C=O) groups excluding carboxylic acids is 2. The molecule has 3 N–H and O–H groups in total. The van der Waals surface area contributed by atoms with Crippen molar-refractivity contribution in [1.29, 1.82) is 0 Å². The zero-order valence-corrected chi connectivity index (χ0v) is 24.5. The molecule has 3 aliphatic heterocycles. The van der Waals surface area contributed by atoms with Crippen LogP contribution in [0.5, 0.6) is 0 Å². The van der Waals surface area contributed by atoms with Crippen LogP contribution >= 0.6 is 0 Å². The number of amides is 3. The number of rotatable bonds is 7. The summed E-state index contributed by atoms with van der Waals surface area (Å²) in [7, 11) is 0. The quantitative estimate of drug-likeness (QED) is 0.278. The van der Waals surface area contributed by atoms with Crippen LogP contribution in [0, 0.1) is 0 Å². The minimum Gasteiger partial charge on any atom is -0.480 e. The molecule has 8 atom stereocenters. The van der Waals surface area contributed by atoms with E-state index in [-0.39, 0.29) is 17.8 Å². The van der Waals surface area contributed by atoms with Gasteiger partial charge in [0.05, 0.1) is 6.33 Å². The van der Waals surface area contributed by atoms with Gasteiger partial charge in [-0.2, -0.15) is 0 Å². The Balaban J connectivity index is 1.05. The molecule has 236 valence electrons. The third-order valence-corrected chi connectivity index (χ3v) is 9.09. The van der Waals surface area contributed by atoms with Crippen LogP contribution in [0.2, 0.25) is 0 Å². The summed E-state index contributed by atoms with van der Waals surface area (Å²) >= 11 is 0. The van der Waals surface area contributed by atoms with E-state index in [1.54, 1.807) is 4.57 Å². The van der Waals surface area contributed by atoms with Gasteiger partial charge in [0, 0.05) is 24.1 Å². The maximum Gasteiger partial charge on any atom is 0.326 e. The number of nitrogens with zero attached hydrogens (tertiary/aromatic N) is 5. The van der Waals surface area contributed by atoms with E-state index in [1.165, 1.54) is 23.1 Å². The molecular weight excluding hydrogens is 594 g/mol. The number of imidazole rings is 1. The number of urea groups is 1. The van der Waals surface area contributed by atoms with E-state index >= 15 is 0 Å². The van der Waals surface area contributed by atoms with E-state index in [4.69, 9.17) is 14.2 Å². The van der Waals surface area contributed by atoms with Crippen LogP contribution in [0.15, 0.2) is 73.3 Å². The summed E-state index contributed by atoms with van der Waals surface area (Å²) in [5, 5.41) is 15.5. The van der Waals surface area contributed by atoms with Crippen LogP contribution in [0.3, 0.4) is 0 Å². The molecule has 8 rings (SSSR count). The predicted molar refractivity (Wildman–Crippen MR) is 160 cm³/mol. The highest BCUT2D eigenvalue weighted by Crippen LogP contribution is 2.46. The van der Waals surface area contributed by atoms with Crippen molar-refractivity contribution in [2.75, 3.05) is 11.9 Å². The fourth-order valence-electron chi connectivity index (χ4n) is 6.76. The van der Waals surface area contributed by atoms with Gasteiger partial charge >= 0.3 is 12.0 Å². The molecule has 3 amide bonds. The summed E-state index contributed by atoms with van der Waals surface area (Å²) in [5.74, 6) is -1.04. The number of aliphatic carboxylic acids is 1. The van der Waals surface area contributed by atoms with Crippen LogP contribution in [-0.4, -0.2) is 84.4 Å². The molecular formula is C32H31N7O7. The lowest BCUT2D eigenvalue weighted by molar-refractivity contribution is -0.171. The van der Waals surface area contributed by atoms with Crippen molar-refractivity contribution < 1.29 is 33.7 Å². The van der Waals surface area contributed by atoms with Crippen LogP contribution in [0.4, 0.5) is 10.6 Å². The molecule has 4 fully saturated rings. The normalized spacial score (nSPS) is 29.9. The van der Waals surface area contributed by atoms with E-state index in [1.807, 2.05) is 48.5 Å². The Bertz CT molecular complexity index is 1790. The van der Waals surface area contributed by atoms with Gasteiger partial charge in [0.1, 0.15) is 24.6 Å². The smallest absolute Gasteiger partial charge is 0.326 e. The molecule has 1 aliphatic carbocycles. The molecule has 4 unspecified atom stereocenters. The third-order valence-electron chi connectivity index (χ3n) is 9.09. The first-order chi connectivity index (χ1) is 22.5. The molecule has 0 radical (unpaired) electrons. The van der Waals surface area contributed by atoms with Gasteiger partial charge < -0.3 is 29.5 Å². The first-order valence-electron chi connectivity index (χ1n) is 15.3. The van der Waals surface area contributed by atoms with Crippen LogP contribution in [-0.2, 0) is 23.8 Å². The largest absolute Gasteiger partial charge is 0.480 e. The second-order valence-corrected chi connectivity index (χ2v) is 11.9. The maximum atomic E-state index is 13.8. The average Bonchev–Trinajstić information content (AvgIpc) is 3.52.